The summed E-state index contributed by atoms with van der Waals surface area (Å²) in [5.74, 6) is -0.0780. The molecule has 0 saturated carbocycles. The minimum atomic E-state index is -4.48. The number of nitrogens with two attached hydrogens (primary N) is 1. The van der Waals surface area contributed by atoms with Gasteiger partial charge in [0.2, 0.25) is 0 Å². The third kappa shape index (κ3) is 3.96. The van der Waals surface area contributed by atoms with Crippen LogP contribution in [0.3, 0.4) is 0 Å². The fourth-order valence-corrected chi connectivity index (χ4v) is 2.19. The molecule has 0 atom stereocenters. The molecule has 0 bridgehead atoms. The van der Waals surface area contributed by atoms with Gasteiger partial charge in [0, 0.05) is 0 Å². The lowest BCUT2D eigenvalue weighted by molar-refractivity contribution is -0.137. The van der Waals surface area contributed by atoms with E-state index in [1.165, 1.54) is 42.5 Å². The highest BCUT2D eigenvalue weighted by molar-refractivity contribution is 7.84. The molecule has 0 spiro atoms. The van der Waals surface area contributed by atoms with Crippen molar-refractivity contribution in [3.8, 4) is 16.9 Å². The molecule has 0 radical (unpaired) electrons. The number of rotatable bonds is 3. The van der Waals surface area contributed by atoms with Gasteiger partial charge in [-0.1, -0.05) is 30.3 Å². The summed E-state index contributed by atoms with van der Waals surface area (Å²) in [5.41, 5.74) is -0.498. The average molecular weight is 317 g/mol. The Kier molecular flexibility index (Phi) is 3.93. The summed E-state index contributed by atoms with van der Waals surface area (Å²) in [6, 6.07) is 10.2. The Labute approximate surface area is 119 Å². The van der Waals surface area contributed by atoms with Gasteiger partial charge in [0.15, 0.2) is 0 Å². The van der Waals surface area contributed by atoms with Crippen LogP contribution in [0.15, 0.2) is 48.5 Å². The van der Waals surface area contributed by atoms with Crippen LogP contribution >= 0.6 is 0 Å². The SMILES string of the molecule is NS(=O)(=O)Oc1ccc(-c2ccccc2C(F)(F)F)cc1. The zero-order valence-electron chi connectivity index (χ0n) is 10.5. The molecule has 0 aliphatic rings. The van der Waals surface area contributed by atoms with E-state index in [9.17, 15) is 21.6 Å². The molecule has 0 saturated heterocycles. The molecule has 2 aromatic carbocycles. The van der Waals surface area contributed by atoms with Crippen molar-refractivity contribution in [2.24, 2.45) is 5.14 Å². The molecule has 0 aliphatic carbocycles. The maximum atomic E-state index is 12.9. The summed E-state index contributed by atoms with van der Waals surface area (Å²) in [7, 11) is -4.17. The standard InChI is InChI=1S/C13H10F3NO3S/c14-13(15,16)12-4-2-1-3-11(12)9-5-7-10(8-6-9)20-21(17,18)19/h1-8H,(H2,17,18,19). The van der Waals surface area contributed by atoms with E-state index < -0.39 is 22.0 Å². The van der Waals surface area contributed by atoms with E-state index in [1.54, 1.807) is 0 Å². The molecule has 2 rings (SSSR count). The Morgan fingerprint density at radius 1 is 0.952 bits per heavy atom. The zero-order chi connectivity index (χ0) is 15.7. The van der Waals surface area contributed by atoms with Crippen molar-refractivity contribution in [1.29, 1.82) is 0 Å². The lowest BCUT2D eigenvalue weighted by Gasteiger charge is -2.13. The van der Waals surface area contributed by atoms with Crippen LogP contribution in [0.4, 0.5) is 13.2 Å². The summed E-state index contributed by atoms with van der Waals surface area (Å²) < 4.78 is 64.7. The molecule has 0 amide bonds. The van der Waals surface area contributed by atoms with Crippen LogP contribution in [-0.4, -0.2) is 8.42 Å². The summed E-state index contributed by atoms with van der Waals surface area (Å²) in [6.07, 6.45) is -4.48. The molecule has 0 heterocycles. The van der Waals surface area contributed by atoms with Gasteiger partial charge >= 0.3 is 16.5 Å². The first kappa shape index (κ1) is 15.3. The van der Waals surface area contributed by atoms with E-state index in [-0.39, 0.29) is 16.9 Å². The van der Waals surface area contributed by atoms with Gasteiger partial charge in [-0.15, -0.1) is 0 Å². The van der Waals surface area contributed by atoms with Crippen molar-refractivity contribution in [1.82, 2.24) is 0 Å². The Balaban J connectivity index is 2.40. The van der Waals surface area contributed by atoms with Crippen molar-refractivity contribution in [3.05, 3.63) is 54.1 Å². The molecule has 0 fully saturated rings. The van der Waals surface area contributed by atoms with Gasteiger partial charge in [-0.25, -0.2) is 0 Å². The Hall–Kier alpha value is -2.06. The molecule has 2 aromatic rings. The molecule has 2 N–H and O–H groups in total. The second kappa shape index (κ2) is 5.38. The predicted molar refractivity (Wildman–Crippen MR) is 70.6 cm³/mol. The Morgan fingerprint density at radius 3 is 2.05 bits per heavy atom. The van der Waals surface area contributed by atoms with Gasteiger partial charge in [-0.05, 0) is 29.3 Å². The first-order valence-corrected chi connectivity index (χ1v) is 7.13. The summed E-state index contributed by atoms with van der Waals surface area (Å²) >= 11 is 0. The number of benzene rings is 2. The Bertz CT molecular complexity index is 740. The van der Waals surface area contributed by atoms with Crippen LogP contribution < -0.4 is 9.32 Å². The monoisotopic (exact) mass is 317 g/mol. The minimum Gasteiger partial charge on any atom is -0.371 e. The highest BCUT2D eigenvalue weighted by atomic mass is 32.2. The van der Waals surface area contributed by atoms with Crippen molar-refractivity contribution in [2.75, 3.05) is 0 Å². The molecule has 112 valence electrons. The van der Waals surface area contributed by atoms with Crippen LogP contribution in [0.5, 0.6) is 5.75 Å². The lowest BCUT2D eigenvalue weighted by atomic mass is 9.99. The van der Waals surface area contributed by atoms with Gasteiger partial charge in [0.05, 0.1) is 5.56 Å². The fourth-order valence-electron chi connectivity index (χ4n) is 1.81. The van der Waals surface area contributed by atoms with Crippen LogP contribution in [0.2, 0.25) is 0 Å². The third-order valence-electron chi connectivity index (χ3n) is 2.61. The van der Waals surface area contributed by atoms with E-state index in [0.29, 0.717) is 0 Å². The molecule has 21 heavy (non-hydrogen) atoms. The first-order valence-electron chi connectivity index (χ1n) is 5.66. The Morgan fingerprint density at radius 2 is 1.52 bits per heavy atom. The van der Waals surface area contributed by atoms with Crippen molar-refractivity contribution in [2.45, 2.75) is 6.18 Å². The number of halogens is 3. The van der Waals surface area contributed by atoms with E-state index in [2.05, 4.69) is 4.18 Å². The zero-order valence-corrected chi connectivity index (χ0v) is 11.3. The highest BCUT2D eigenvalue weighted by Gasteiger charge is 2.33. The molecular weight excluding hydrogens is 307 g/mol. The second-order valence-corrected chi connectivity index (χ2v) is 5.30. The maximum absolute atomic E-state index is 12.9. The van der Waals surface area contributed by atoms with E-state index in [1.807, 2.05) is 0 Å². The van der Waals surface area contributed by atoms with E-state index in [4.69, 9.17) is 5.14 Å². The minimum absolute atomic E-state index is 0.00726. The second-order valence-electron chi connectivity index (χ2n) is 4.14. The average Bonchev–Trinajstić information content (AvgIpc) is 2.37. The normalized spacial score (nSPS) is 12.2. The van der Waals surface area contributed by atoms with Crippen LogP contribution in [0.1, 0.15) is 5.56 Å². The molecule has 0 aliphatic heterocycles. The topological polar surface area (TPSA) is 69.4 Å². The van der Waals surface area contributed by atoms with Gasteiger partial charge in [-0.3, -0.25) is 0 Å². The smallest absolute Gasteiger partial charge is 0.371 e. The lowest BCUT2D eigenvalue weighted by Crippen LogP contribution is -2.18. The number of alkyl halides is 3. The molecule has 8 heteroatoms. The van der Waals surface area contributed by atoms with Gasteiger partial charge < -0.3 is 4.18 Å². The van der Waals surface area contributed by atoms with Crippen molar-refractivity contribution < 1.29 is 25.8 Å². The van der Waals surface area contributed by atoms with Crippen LogP contribution in [0.25, 0.3) is 11.1 Å². The fraction of sp³-hybridized carbons (Fsp3) is 0.0769. The number of hydrogen-bond donors (Lipinski definition) is 1. The summed E-state index contributed by atoms with van der Waals surface area (Å²) in [6.45, 7) is 0. The van der Waals surface area contributed by atoms with E-state index >= 15 is 0 Å². The van der Waals surface area contributed by atoms with Crippen LogP contribution in [0, 0.1) is 0 Å². The maximum Gasteiger partial charge on any atom is 0.417 e. The summed E-state index contributed by atoms with van der Waals surface area (Å²) in [5, 5.41) is 4.70. The largest absolute Gasteiger partial charge is 0.417 e. The third-order valence-corrected chi connectivity index (χ3v) is 3.03. The van der Waals surface area contributed by atoms with Gasteiger partial charge in [0.25, 0.3) is 0 Å². The molecule has 0 unspecified atom stereocenters. The van der Waals surface area contributed by atoms with Gasteiger partial charge in [0.1, 0.15) is 5.75 Å². The van der Waals surface area contributed by atoms with Crippen molar-refractivity contribution >= 4 is 10.3 Å². The molecule has 4 nitrogen and oxygen atoms in total. The highest BCUT2D eigenvalue weighted by Crippen LogP contribution is 2.37. The molecular formula is C13H10F3NO3S. The first-order chi connectivity index (χ1) is 9.67. The van der Waals surface area contributed by atoms with Gasteiger partial charge in [-0.2, -0.15) is 26.7 Å². The quantitative estimate of drug-likeness (QED) is 0.946. The molecule has 0 aromatic heterocycles. The predicted octanol–water partition coefficient (Wildman–Crippen LogP) is 2.95. The van der Waals surface area contributed by atoms with Crippen LogP contribution in [-0.2, 0) is 16.5 Å². The van der Waals surface area contributed by atoms with Crippen molar-refractivity contribution in [3.63, 3.8) is 0 Å². The summed E-state index contributed by atoms with van der Waals surface area (Å²) in [4.78, 5) is 0. The van der Waals surface area contributed by atoms with E-state index in [0.717, 1.165) is 6.07 Å². The number of hydrogen-bond acceptors (Lipinski definition) is 3.